The van der Waals surface area contributed by atoms with Gasteiger partial charge in [-0.1, -0.05) is 6.07 Å². The van der Waals surface area contributed by atoms with E-state index >= 15 is 0 Å². The smallest absolute Gasteiger partial charge is 0.317 e. The Kier molecular flexibility index (Phi) is 5.98. The molecule has 1 aromatic heterocycles. The average Bonchev–Trinajstić information content (AvgIpc) is 3.05. The van der Waals surface area contributed by atoms with Crippen LogP contribution in [0.4, 0.5) is 0 Å². The molecule has 0 bridgehead atoms. The molecule has 0 aliphatic carbocycles. The third kappa shape index (κ3) is 3.97. The molecule has 6 nitrogen and oxygen atoms in total. The van der Waals surface area contributed by atoms with E-state index < -0.39 is 0 Å². The maximum atomic E-state index is 13.0. The van der Waals surface area contributed by atoms with E-state index in [0.29, 0.717) is 5.92 Å². The van der Waals surface area contributed by atoms with E-state index in [1.165, 1.54) is 64.0 Å². The predicted octanol–water partition coefficient (Wildman–Crippen LogP) is 2.44. The molecule has 3 fully saturated rings. The van der Waals surface area contributed by atoms with Crippen molar-refractivity contribution in [2.45, 2.75) is 50.5 Å². The number of hydrogen-bond donors (Lipinski definition) is 2. The van der Waals surface area contributed by atoms with Gasteiger partial charge in [0.15, 0.2) is 0 Å². The fourth-order valence-corrected chi connectivity index (χ4v) is 5.92. The number of aryl methyl sites for hydroxylation is 1. The van der Waals surface area contributed by atoms with Gasteiger partial charge in [0, 0.05) is 20.1 Å². The van der Waals surface area contributed by atoms with Crippen LogP contribution in [0.2, 0.25) is 0 Å². The van der Waals surface area contributed by atoms with Crippen LogP contribution in [0.5, 0.6) is 0 Å². The van der Waals surface area contributed by atoms with E-state index in [9.17, 15) is 4.79 Å². The summed E-state index contributed by atoms with van der Waals surface area (Å²) in [7, 11) is 1.93. The molecule has 1 unspecified atom stereocenters. The minimum atomic E-state index is 0.132. The number of hydrogen-bond acceptors (Lipinski definition) is 4. The Balaban J connectivity index is 1.30. The summed E-state index contributed by atoms with van der Waals surface area (Å²) in [6.07, 6.45) is 7.36. The average molecular weight is 412 g/mol. The predicted molar refractivity (Wildman–Crippen MR) is 122 cm³/mol. The molecule has 2 N–H and O–H groups in total. The lowest BCUT2D eigenvalue weighted by Gasteiger charge is -2.35. The van der Waals surface area contributed by atoms with Gasteiger partial charge < -0.3 is 15.5 Å². The summed E-state index contributed by atoms with van der Waals surface area (Å²) in [4.78, 5) is 15.7. The molecule has 164 valence electrons. The van der Waals surface area contributed by atoms with Crippen LogP contribution < -0.4 is 16.3 Å². The lowest BCUT2D eigenvalue weighted by Crippen LogP contribution is -2.39. The fraction of sp³-hybridized carbons (Fsp3) is 0.708. The zero-order chi connectivity index (χ0) is 20.5. The summed E-state index contributed by atoms with van der Waals surface area (Å²) in [6, 6.07) is 7.08. The van der Waals surface area contributed by atoms with Gasteiger partial charge >= 0.3 is 5.69 Å². The van der Waals surface area contributed by atoms with Gasteiger partial charge in [0.2, 0.25) is 0 Å². The van der Waals surface area contributed by atoms with Gasteiger partial charge in [0.1, 0.15) is 0 Å². The SMILES string of the molecule is Cn1c(=O)n(C2CCCNC2)c2ccc(C3CCN(CC4CCNCC4)CC3)cc21. The topological polar surface area (TPSA) is 54.2 Å². The maximum Gasteiger partial charge on any atom is 0.329 e. The Bertz CT molecular complexity index is 912. The first-order valence-corrected chi connectivity index (χ1v) is 12.1. The molecule has 0 amide bonds. The van der Waals surface area contributed by atoms with Crippen LogP contribution >= 0.6 is 0 Å². The van der Waals surface area contributed by atoms with Gasteiger partial charge in [-0.15, -0.1) is 0 Å². The number of benzene rings is 1. The normalized spacial score (nSPS) is 25.2. The molecular formula is C24H37N5O. The number of piperidine rings is 3. The van der Waals surface area contributed by atoms with Crippen molar-refractivity contribution in [1.82, 2.24) is 24.7 Å². The summed E-state index contributed by atoms with van der Waals surface area (Å²) < 4.78 is 3.90. The van der Waals surface area contributed by atoms with Crippen molar-refractivity contribution >= 4 is 11.0 Å². The molecule has 1 aromatic carbocycles. The maximum absolute atomic E-state index is 13.0. The van der Waals surface area contributed by atoms with Crippen molar-refractivity contribution in [2.75, 3.05) is 45.8 Å². The summed E-state index contributed by atoms with van der Waals surface area (Å²) in [5, 5.41) is 6.93. The minimum absolute atomic E-state index is 0.132. The Morgan fingerprint density at radius 3 is 2.50 bits per heavy atom. The molecule has 4 heterocycles. The van der Waals surface area contributed by atoms with Gasteiger partial charge in [-0.2, -0.15) is 0 Å². The molecular weight excluding hydrogens is 374 g/mol. The van der Waals surface area contributed by atoms with E-state index in [0.717, 1.165) is 42.9 Å². The van der Waals surface area contributed by atoms with E-state index in [4.69, 9.17) is 0 Å². The molecule has 3 saturated heterocycles. The van der Waals surface area contributed by atoms with Crippen molar-refractivity contribution in [3.8, 4) is 0 Å². The molecule has 3 aliphatic rings. The monoisotopic (exact) mass is 411 g/mol. The van der Waals surface area contributed by atoms with Crippen LogP contribution in [0, 0.1) is 5.92 Å². The fourth-order valence-electron chi connectivity index (χ4n) is 5.92. The van der Waals surface area contributed by atoms with Crippen LogP contribution in [0.15, 0.2) is 23.0 Å². The second kappa shape index (κ2) is 8.85. The molecule has 3 aliphatic heterocycles. The van der Waals surface area contributed by atoms with Gasteiger partial charge in [-0.25, -0.2) is 4.79 Å². The van der Waals surface area contributed by atoms with Gasteiger partial charge in [0.05, 0.1) is 17.1 Å². The molecule has 6 heteroatoms. The number of nitrogens with one attached hydrogen (secondary N) is 2. The molecule has 0 saturated carbocycles. The van der Waals surface area contributed by atoms with Crippen molar-refractivity contribution in [3.05, 3.63) is 34.2 Å². The van der Waals surface area contributed by atoms with Crippen LogP contribution in [0.1, 0.15) is 56.0 Å². The highest BCUT2D eigenvalue weighted by Gasteiger charge is 2.25. The van der Waals surface area contributed by atoms with Crippen LogP contribution in [-0.2, 0) is 7.05 Å². The Labute approximate surface area is 179 Å². The lowest BCUT2D eigenvalue weighted by atomic mass is 9.88. The van der Waals surface area contributed by atoms with Gasteiger partial charge in [0.25, 0.3) is 0 Å². The number of nitrogens with zero attached hydrogens (tertiary/aromatic N) is 3. The highest BCUT2D eigenvalue weighted by molar-refractivity contribution is 5.77. The Morgan fingerprint density at radius 1 is 0.967 bits per heavy atom. The van der Waals surface area contributed by atoms with Crippen LogP contribution in [-0.4, -0.2) is 59.8 Å². The lowest BCUT2D eigenvalue weighted by molar-refractivity contribution is 0.167. The number of aromatic nitrogens is 2. The molecule has 0 radical (unpaired) electrons. The molecule has 0 spiro atoms. The largest absolute Gasteiger partial charge is 0.329 e. The van der Waals surface area contributed by atoms with Crippen molar-refractivity contribution in [2.24, 2.45) is 13.0 Å². The zero-order valence-electron chi connectivity index (χ0n) is 18.4. The summed E-state index contributed by atoms with van der Waals surface area (Å²) in [5.41, 5.74) is 3.75. The first-order chi connectivity index (χ1) is 14.7. The zero-order valence-corrected chi connectivity index (χ0v) is 18.4. The number of rotatable bonds is 4. The third-order valence-corrected chi connectivity index (χ3v) is 7.78. The number of imidazole rings is 1. The molecule has 1 atom stereocenters. The van der Waals surface area contributed by atoms with Gasteiger partial charge in [-0.3, -0.25) is 9.13 Å². The highest BCUT2D eigenvalue weighted by atomic mass is 16.1. The van der Waals surface area contributed by atoms with Crippen molar-refractivity contribution < 1.29 is 0 Å². The van der Waals surface area contributed by atoms with Crippen molar-refractivity contribution in [3.63, 3.8) is 0 Å². The summed E-state index contributed by atoms with van der Waals surface area (Å²) >= 11 is 0. The first-order valence-electron chi connectivity index (χ1n) is 12.1. The molecule has 2 aromatic rings. The standard InChI is InChI=1S/C24H37N5O/c1-27-23-15-20(4-5-22(23)29(24(27)30)21-3-2-10-26-16-21)19-8-13-28(14-9-19)17-18-6-11-25-12-7-18/h4-5,15,18-19,21,25-26H,2-3,6-14,16-17H2,1H3. The van der Waals surface area contributed by atoms with Crippen LogP contribution in [0.3, 0.4) is 0 Å². The number of fused-ring (bicyclic) bond motifs is 1. The summed E-state index contributed by atoms with van der Waals surface area (Å²) in [6.45, 7) is 8.04. The number of likely N-dealkylation sites (tertiary alicyclic amines) is 1. The quantitative estimate of drug-likeness (QED) is 0.812. The van der Waals surface area contributed by atoms with E-state index in [2.05, 4.69) is 33.7 Å². The second-order valence-corrected chi connectivity index (χ2v) is 9.73. The van der Waals surface area contributed by atoms with Gasteiger partial charge in [-0.05, 0) is 101 Å². The minimum Gasteiger partial charge on any atom is -0.317 e. The Morgan fingerprint density at radius 2 is 1.77 bits per heavy atom. The van der Waals surface area contributed by atoms with E-state index in [-0.39, 0.29) is 11.7 Å². The first kappa shape index (κ1) is 20.3. The third-order valence-electron chi connectivity index (χ3n) is 7.78. The molecule has 30 heavy (non-hydrogen) atoms. The van der Waals surface area contributed by atoms with Crippen molar-refractivity contribution in [1.29, 1.82) is 0 Å². The Hall–Kier alpha value is -1.63. The van der Waals surface area contributed by atoms with E-state index in [1.807, 2.05) is 16.2 Å². The van der Waals surface area contributed by atoms with E-state index in [1.54, 1.807) is 0 Å². The summed E-state index contributed by atoms with van der Waals surface area (Å²) in [5.74, 6) is 1.50. The molecule has 5 rings (SSSR count). The second-order valence-electron chi connectivity index (χ2n) is 9.73. The van der Waals surface area contributed by atoms with Crippen LogP contribution in [0.25, 0.3) is 11.0 Å². The highest BCUT2D eigenvalue weighted by Crippen LogP contribution is 2.31.